The summed E-state index contributed by atoms with van der Waals surface area (Å²) in [4.78, 5) is 27.3. The van der Waals surface area contributed by atoms with Crippen molar-refractivity contribution in [1.82, 2.24) is 20.0 Å². The number of hydrogen-bond donors (Lipinski definition) is 1. The molecule has 0 saturated heterocycles. The van der Waals surface area contributed by atoms with E-state index in [1.54, 1.807) is 12.4 Å². The summed E-state index contributed by atoms with van der Waals surface area (Å²) in [5, 5.41) is 6.49. The van der Waals surface area contributed by atoms with E-state index in [-0.39, 0.29) is 24.0 Å². The summed E-state index contributed by atoms with van der Waals surface area (Å²) < 4.78 is 11.7. The highest BCUT2D eigenvalue weighted by atomic mass is 16.5. The standard InChI is InChI=1S/C17H18N4O4/c1-24-16(22)7-4-8-18-17(23)14-9-12(25-20-14)10-21-11-19-13-5-2-3-6-15(13)21/h2-3,5-6,9,11H,4,7-8,10H2,1H3,(H,18,23). The number of nitrogens with zero attached hydrogens (tertiary/aromatic N) is 3. The Morgan fingerprint density at radius 2 is 2.16 bits per heavy atom. The number of carbonyl (C=O) groups excluding carboxylic acids is 2. The smallest absolute Gasteiger partial charge is 0.305 e. The number of rotatable bonds is 7. The van der Waals surface area contributed by atoms with Crippen LogP contribution in [0.15, 0.2) is 41.2 Å². The molecule has 0 aliphatic heterocycles. The van der Waals surface area contributed by atoms with Crippen LogP contribution >= 0.6 is 0 Å². The van der Waals surface area contributed by atoms with Crippen molar-refractivity contribution in [3.63, 3.8) is 0 Å². The number of para-hydroxylation sites is 2. The molecule has 8 nitrogen and oxygen atoms in total. The van der Waals surface area contributed by atoms with Crippen molar-refractivity contribution >= 4 is 22.9 Å². The summed E-state index contributed by atoms with van der Waals surface area (Å²) >= 11 is 0. The molecule has 3 rings (SSSR count). The molecule has 3 aromatic rings. The highest BCUT2D eigenvalue weighted by molar-refractivity contribution is 5.92. The van der Waals surface area contributed by atoms with Gasteiger partial charge in [-0.3, -0.25) is 9.59 Å². The lowest BCUT2D eigenvalue weighted by atomic mass is 10.3. The molecule has 2 heterocycles. The molecule has 8 heteroatoms. The summed E-state index contributed by atoms with van der Waals surface area (Å²) in [6.45, 7) is 0.797. The van der Waals surface area contributed by atoms with Crippen molar-refractivity contribution < 1.29 is 18.8 Å². The van der Waals surface area contributed by atoms with Crippen molar-refractivity contribution in [2.24, 2.45) is 0 Å². The fraction of sp³-hybridized carbons (Fsp3) is 0.294. The van der Waals surface area contributed by atoms with Crippen LogP contribution in [0.2, 0.25) is 0 Å². The maximum Gasteiger partial charge on any atom is 0.305 e. The molecular weight excluding hydrogens is 324 g/mol. The Hall–Kier alpha value is -3.16. The number of methoxy groups -OCH3 is 1. The topological polar surface area (TPSA) is 99.2 Å². The number of ether oxygens (including phenoxy) is 1. The predicted octanol–water partition coefficient (Wildman–Crippen LogP) is 1.76. The molecule has 2 aromatic heterocycles. The summed E-state index contributed by atoms with van der Waals surface area (Å²) in [6.07, 6.45) is 2.48. The zero-order chi connectivity index (χ0) is 17.6. The Balaban J connectivity index is 1.57. The number of aromatic nitrogens is 3. The van der Waals surface area contributed by atoms with Gasteiger partial charge in [0.1, 0.15) is 0 Å². The van der Waals surface area contributed by atoms with E-state index in [1.807, 2.05) is 28.8 Å². The van der Waals surface area contributed by atoms with Crippen LogP contribution in [0.5, 0.6) is 0 Å². The van der Waals surface area contributed by atoms with Gasteiger partial charge in [-0.15, -0.1) is 0 Å². The lowest BCUT2D eigenvalue weighted by Gasteiger charge is -2.01. The van der Waals surface area contributed by atoms with Gasteiger partial charge in [-0.05, 0) is 18.6 Å². The number of nitrogens with one attached hydrogen (secondary N) is 1. The van der Waals surface area contributed by atoms with Gasteiger partial charge in [0.05, 0.1) is 31.0 Å². The van der Waals surface area contributed by atoms with Crippen molar-refractivity contribution in [1.29, 1.82) is 0 Å². The normalized spacial score (nSPS) is 10.8. The predicted molar refractivity (Wildman–Crippen MR) is 88.9 cm³/mol. The van der Waals surface area contributed by atoms with Gasteiger partial charge in [0.25, 0.3) is 5.91 Å². The molecule has 0 radical (unpaired) electrons. The third-order valence-electron chi connectivity index (χ3n) is 3.72. The average molecular weight is 342 g/mol. The Labute approximate surface area is 143 Å². The SMILES string of the molecule is COC(=O)CCCNC(=O)c1cc(Cn2cnc3ccccc32)on1. The second kappa shape index (κ2) is 7.61. The summed E-state index contributed by atoms with van der Waals surface area (Å²) in [7, 11) is 1.33. The monoisotopic (exact) mass is 342 g/mol. The Morgan fingerprint density at radius 3 is 3.00 bits per heavy atom. The first-order chi connectivity index (χ1) is 12.2. The molecule has 0 fully saturated rings. The quantitative estimate of drug-likeness (QED) is 0.519. The van der Waals surface area contributed by atoms with E-state index in [4.69, 9.17) is 4.52 Å². The molecule has 0 aliphatic carbocycles. The Bertz CT molecular complexity index is 884. The number of fused-ring (bicyclic) bond motifs is 1. The summed E-state index contributed by atoms with van der Waals surface area (Å²) in [5.41, 5.74) is 2.08. The zero-order valence-corrected chi connectivity index (χ0v) is 13.8. The van der Waals surface area contributed by atoms with Crippen LogP contribution in [0, 0.1) is 0 Å². The van der Waals surface area contributed by atoms with E-state index >= 15 is 0 Å². The minimum absolute atomic E-state index is 0.206. The molecule has 0 aliphatic rings. The van der Waals surface area contributed by atoms with Gasteiger partial charge < -0.3 is 19.1 Å². The third-order valence-corrected chi connectivity index (χ3v) is 3.72. The molecule has 0 spiro atoms. The molecule has 0 unspecified atom stereocenters. The lowest BCUT2D eigenvalue weighted by molar-refractivity contribution is -0.140. The molecule has 25 heavy (non-hydrogen) atoms. The van der Waals surface area contributed by atoms with Crippen molar-refractivity contribution in [2.75, 3.05) is 13.7 Å². The van der Waals surface area contributed by atoms with Gasteiger partial charge in [0.2, 0.25) is 0 Å². The fourth-order valence-corrected chi connectivity index (χ4v) is 2.43. The molecular formula is C17H18N4O4. The molecule has 1 aromatic carbocycles. The van der Waals surface area contributed by atoms with E-state index in [9.17, 15) is 9.59 Å². The number of amides is 1. The first-order valence-electron chi connectivity index (χ1n) is 7.88. The van der Waals surface area contributed by atoms with Crippen LogP contribution in [0.3, 0.4) is 0 Å². The van der Waals surface area contributed by atoms with Crippen LogP contribution in [0.25, 0.3) is 11.0 Å². The molecule has 1 N–H and O–H groups in total. The van der Waals surface area contributed by atoms with Gasteiger partial charge >= 0.3 is 5.97 Å². The van der Waals surface area contributed by atoms with E-state index in [0.717, 1.165) is 11.0 Å². The second-order valence-corrected chi connectivity index (χ2v) is 5.48. The summed E-state index contributed by atoms with van der Waals surface area (Å²) in [6, 6.07) is 9.36. The number of carbonyl (C=O) groups is 2. The number of benzene rings is 1. The van der Waals surface area contributed by atoms with Gasteiger partial charge in [0, 0.05) is 19.0 Å². The van der Waals surface area contributed by atoms with Crippen LogP contribution < -0.4 is 5.32 Å². The second-order valence-electron chi connectivity index (χ2n) is 5.48. The van der Waals surface area contributed by atoms with Crippen molar-refractivity contribution in [3.05, 3.63) is 48.1 Å². The van der Waals surface area contributed by atoms with Gasteiger partial charge in [-0.1, -0.05) is 17.3 Å². The van der Waals surface area contributed by atoms with Crippen LogP contribution in [-0.4, -0.2) is 40.2 Å². The van der Waals surface area contributed by atoms with Gasteiger partial charge in [-0.2, -0.15) is 0 Å². The van der Waals surface area contributed by atoms with Crippen LogP contribution in [0.4, 0.5) is 0 Å². The van der Waals surface area contributed by atoms with Crippen molar-refractivity contribution in [3.8, 4) is 0 Å². The van der Waals surface area contributed by atoms with Crippen molar-refractivity contribution in [2.45, 2.75) is 19.4 Å². The van der Waals surface area contributed by atoms with E-state index in [2.05, 4.69) is 20.2 Å². The number of esters is 1. The van der Waals surface area contributed by atoms with Crippen LogP contribution in [0.1, 0.15) is 29.1 Å². The zero-order valence-electron chi connectivity index (χ0n) is 13.8. The van der Waals surface area contributed by atoms with Gasteiger partial charge in [0.15, 0.2) is 11.5 Å². The fourth-order valence-electron chi connectivity index (χ4n) is 2.43. The van der Waals surface area contributed by atoms with E-state index in [0.29, 0.717) is 25.3 Å². The first kappa shape index (κ1) is 16.7. The summed E-state index contributed by atoms with van der Waals surface area (Å²) in [5.74, 6) is -0.0799. The number of hydrogen-bond acceptors (Lipinski definition) is 6. The highest BCUT2D eigenvalue weighted by Crippen LogP contribution is 2.14. The van der Waals surface area contributed by atoms with Gasteiger partial charge in [-0.25, -0.2) is 4.98 Å². The molecule has 1 amide bonds. The van der Waals surface area contributed by atoms with E-state index in [1.165, 1.54) is 7.11 Å². The third kappa shape index (κ3) is 4.03. The maximum atomic E-state index is 12.0. The van der Waals surface area contributed by atoms with E-state index < -0.39 is 0 Å². The van der Waals surface area contributed by atoms with Crippen LogP contribution in [-0.2, 0) is 16.1 Å². The molecule has 0 atom stereocenters. The first-order valence-corrected chi connectivity index (χ1v) is 7.88. The average Bonchev–Trinajstić information content (AvgIpc) is 3.26. The minimum atomic E-state index is -0.338. The Kier molecular flexibility index (Phi) is 5.08. The molecule has 0 saturated carbocycles. The lowest BCUT2D eigenvalue weighted by Crippen LogP contribution is -2.25. The Morgan fingerprint density at radius 1 is 1.32 bits per heavy atom. The maximum absolute atomic E-state index is 12.0. The molecule has 0 bridgehead atoms. The largest absolute Gasteiger partial charge is 0.469 e. The number of imidazole rings is 1. The minimum Gasteiger partial charge on any atom is -0.469 e. The molecule has 130 valence electrons. The highest BCUT2D eigenvalue weighted by Gasteiger charge is 2.13.